The Morgan fingerprint density at radius 1 is 1.50 bits per heavy atom. The van der Waals surface area contributed by atoms with Gasteiger partial charge in [0.15, 0.2) is 5.82 Å². The molecular weight excluding hydrogens is 285 g/mol. The lowest BCUT2D eigenvalue weighted by molar-refractivity contribution is -0.137. The molecule has 0 amide bonds. The Morgan fingerprint density at radius 2 is 2.11 bits per heavy atom. The summed E-state index contributed by atoms with van der Waals surface area (Å²) >= 11 is 5.50. The zero-order valence-corrected chi connectivity index (χ0v) is 11.0. The van der Waals surface area contributed by atoms with Crippen LogP contribution in [0.2, 0.25) is 5.02 Å². The van der Waals surface area contributed by atoms with E-state index >= 15 is 0 Å². The fraction of sp³-hybridized carbons (Fsp3) is 0.300. The summed E-state index contributed by atoms with van der Waals surface area (Å²) in [6, 6.07) is 3.54. The van der Waals surface area contributed by atoms with Gasteiger partial charge >= 0.3 is 5.97 Å². The van der Waals surface area contributed by atoms with Crippen molar-refractivity contribution < 1.29 is 22.7 Å². The molecule has 1 rings (SSSR count). The third kappa shape index (κ3) is 2.98. The Kier molecular flexibility index (Phi) is 4.66. The lowest BCUT2D eigenvalue weighted by atomic mass is 10.3. The number of carboxylic acid groups (broad SMARTS) is 1. The number of likely N-dealkylation sites (N-methyl/N-ethyl adjacent to an activating group) is 1. The summed E-state index contributed by atoms with van der Waals surface area (Å²) in [7, 11) is -4.21. The van der Waals surface area contributed by atoms with E-state index in [9.17, 15) is 17.6 Å². The molecule has 0 unspecified atom stereocenters. The maximum Gasteiger partial charge on any atom is 0.318 e. The molecule has 0 saturated heterocycles. The van der Waals surface area contributed by atoms with Gasteiger partial charge in [0.25, 0.3) is 0 Å². The largest absolute Gasteiger partial charge is 0.480 e. The van der Waals surface area contributed by atoms with Crippen LogP contribution in [0.1, 0.15) is 6.92 Å². The van der Waals surface area contributed by atoms with Gasteiger partial charge in [0.2, 0.25) is 10.0 Å². The summed E-state index contributed by atoms with van der Waals surface area (Å²) in [4.78, 5) is 9.95. The van der Waals surface area contributed by atoms with Crippen LogP contribution in [0.4, 0.5) is 4.39 Å². The number of carboxylic acids is 1. The molecule has 0 radical (unpaired) electrons. The SMILES string of the molecule is CCN(CC(=O)O)S(=O)(=O)c1cccc(Cl)c1F. The van der Waals surface area contributed by atoms with E-state index in [0.717, 1.165) is 6.07 Å². The maximum atomic E-state index is 13.6. The Labute approximate surface area is 109 Å². The van der Waals surface area contributed by atoms with Gasteiger partial charge in [-0.15, -0.1) is 0 Å². The van der Waals surface area contributed by atoms with Crippen molar-refractivity contribution in [3.63, 3.8) is 0 Å². The number of carbonyl (C=O) groups is 1. The Balaban J connectivity index is 3.27. The van der Waals surface area contributed by atoms with Crippen LogP contribution in [0, 0.1) is 5.82 Å². The first-order chi connectivity index (χ1) is 8.30. The van der Waals surface area contributed by atoms with Gasteiger partial charge in [-0.25, -0.2) is 12.8 Å². The third-order valence-electron chi connectivity index (χ3n) is 2.20. The average Bonchev–Trinajstić information content (AvgIpc) is 2.28. The van der Waals surface area contributed by atoms with Gasteiger partial charge in [-0.1, -0.05) is 24.6 Å². The first-order valence-electron chi connectivity index (χ1n) is 4.96. The molecule has 0 spiro atoms. The molecule has 0 aliphatic rings. The molecule has 8 heteroatoms. The first-order valence-corrected chi connectivity index (χ1v) is 6.78. The van der Waals surface area contributed by atoms with E-state index in [0.29, 0.717) is 4.31 Å². The van der Waals surface area contributed by atoms with Crippen LogP contribution in [0.5, 0.6) is 0 Å². The Morgan fingerprint density at radius 3 is 2.61 bits per heavy atom. The number of hydrogen-bond donors (Lipinski definition) is 1. The molecule has 18 heavy (non-hydrogen) atoms. The van der Waals surface area contributed by atoms with Gasteiger partial charge in [-0.2, -0.15) is 4.31 Å². The van der Waals surface area contributed by atoms with E-state index in [-0.39, 0.29) is 11.6 Å². The molecule has 0 fully saturated rings. The van der Waals surface area contributed by atoms with Gasteiger partial charge in [0.05, 0.1) is 5.02 Å². The summed E-state index contributed by atoms with van der Waals surface area (Å²) < 4.78 is 38.4. The number of hydrogen-bond acceptors (Lipinski definition) is 3. The molecule has 0 atom stereocenters. The number of nitrogens with zero attached hydrogens (tertiary/aromatic N) is 1. The van der Waals surface area contributed by atoms with Crippen LogP contribution in [0.25, 0.3) is 0 Å². The number of sulfonamides is 1. The minimum Gasteiger partial charge on any atom is -0.480 e. The van der Waals surface area contributed by atoms with Crippen molar-refractivity contribution >= 4 is 27.6 Å². The fourth-order valence-electron chi connectivity index (χ4n) is 1.34. The van der Waals surface area contributed by atoms with Gasteiger partial charge in [-0.3, -0.25) is 4.79 Å². The van der Waals surface area contributed by atoms with Crippen LogP contribution < -0.4 is 0 Å². The van der Waals surface area contributed by atoms with Crippen LogP contribution in [-0.4, -0.2) is 36.9 Å². The molecule has 5 nitrogen and oxygen atoms in total. The number of halogens is 2. The molecule has 100 valence electrons. The Bertz CT molecular complexity index is 561. The molecule has 0 saturated carbocycles. The highest BCUT2D eigenvalue weighted by Crippen LogP contribution is 2.24. The predicted octanol–water partition coefficient (Wildman–Crippen LogP) is 1.57. The maximum absolute atomic E-state index is 13.6. The molecule has 1 N–H and O–H groups in total. The van der Waals surface area contributed by atoms with E-state index < -0.39 is 33.3 Å². The van der Waals surface area contributed by atoms with Crippen molar-refractivity contribution in [1.82, 2.24) is 4.31 Å². The molecule has 0 bridgehead atoms. The summed E-state index contributed by atoms with van der Waals surface area (Å²) in [5.41, 5.74) is 0. The quantitative estimate of drug-likeness (QED) is 0.895. The fourth-order valence-corrected chi connectivity index (χ4v) is 3.06. The Hall–Kier alpha value is -1.18. The van der Waals surface area contributed by atoms with Crippen molar-refractivity contribution in [3.8, 4) is 0 Å². The highest BCUT2D eigenvalue weighted by Gasteiger charge is 2.28. The van der Waals surface area contributed by atoms with Gasteiger partial charge in [-0.05, 0) is 12.1 Å². The monoisotopic (exact) mass is 295 g/mol. The smallest absolute Gasteiger partial charge is 0.318 e. The summed E-state index contributed by atoms with van der Waals surface area (Å²) in [5, 5.41) is 8.29. The number of rotatable bonds is 5. The summed E-state index contributed by atoms with van der Waals surface area (Å²) in [5.74, 6) is -2.40. The molecule has 0 aromatic heterocycles. The molecule has 0 aliphatic carbocycles. The van der Waals surface area contributed by atoms with Gasteiger partial charge < -0.3 is 5.11 Å². The normalized spacial score (nSPS) is 11.8. The van der Waals surface area contributed by atoms with Crippen molar-refractivity contribution in [3.05, 3.63) is 29.0 Å². The second-order valence-corrected chi connectivity index (χ2v) is 5.69. The van der Waals surface area contributed by atoms with Crippen LogP contribution in [-0.2, 0) is 14.8 Å². The molecule has 0 aliphatic heterocycles. The van der Waals surface area contributed by atoms with E-state index in [1.807, 2.05) is 0 Å². The topological polar surface area (TPSA) is 74.7 Å². The molecular formula is C10H11ClFNO4S. The minimum atomic E-state index is -4.21. The van der Waals surface area contributed by atoms with Crippen molar-refractivity contribution in [2.45, 2.75) is 11.8 Å². The lowest BCUT2D eigenvalue weighted by Crippen LogP contribution is -2.35. The van der Waals surface area contributed by atoms with Crippen LogP contribution >= 0.6 is 11.6 Å². The van der Waals surface area contributed by atoms with E-state index in [1.165, 1.54) is 19.1 Å². The third-order valence-corrected chi connectivity index (χ3v) is 4.43. The average molecular weight is 296 g/mol. The lowest BCUT2D eigenvalue weighted by Gasteiger charge is -2.18. The van der Waals surface area contributed by atoms with E-state index in [4.69, 9.17) is 16.7 Å². The first kappa shape index (κ1) is 14.9. The number of benzene rings is 1. The number of aliphatic carboxylic acids is 1. The van der Waals surface area contributed by atoms with Crippen molar-refractivity contribution in [2.24, 2.45) is 0 Å². The molecule has 1 aromatic carbocycles. The second-order valence-electron chi connectivity index (χ2n) is 3.38. The van der Waals surface area contributed by atoms with Gasteiger partial charge in [0, 0.05) is 6.54 Å². The standard InChI is InChI=1S/C10H11ClFNO4S/c1-2-13(6-9(14)15)18(16,17)8-5-3-4-7(11)10(8)12/h3-5H,2,6H2,1H3,(H,14,15). The van der Waals surface area contributed by atoms with Gasteiger partial charge in [0.1, 0.15) is 11.4 Å². The molecule has 1 aromatic rings. The molecule has 0 heterocycles. The highest BCUT2D eigenvalue weighted by atomic mass is 35.5. The van der Waals surface area contributed by atoms with Crippen molar-refractivity contribution in [2.75, 3.05) is 13.1 Å². The summed E-state index contributed by atoms with van der Waals surface area (Å²) in [6.45, 7) is 0.647. The van der Waals surface area contributed by atoms with E-state index in [2.05, 4.69) is 0 Å². The van der Waals surface area contributed by atoms with Crippen molar-refractivity contribution in [1.29, 1.82) is 0 Å². The minimum absolute atomic E-state index is 0.0828. The van der Waals surface area contributed by atoms with Crippen LogP contribution in [0.15, 0.2) is 23.1 Å². The second kappa shape index (κ2) is 5.64. The summed E-state index contributed by atoms with van der Waals surface area (Å²) in [6.07, 6.45) is 0. The van der Waals surface area contributed by atoms with E-state index in [1.54, 1.807) is 0 Å². The van der Waals surface area contributed by atoms with Crippen LogP contribution in [0.3, 0.4) is 0 Å². The highest BCUT2D eigenvalue weighted by molar-refractivity contribution is 7.89. The zero-order chi connectivity index (χ0) is 13.9. The zero-order valence-electron chi connectivity index (χ0n) is 9.43. The predicted molar refractivity (Wildman–Crippen MR) is 63.5 cm³/mol.